The fourth-order valence-corrected chi connectivity index (χ4v) is 3.99. The summed E-state index contributed by atoms with van der Waals surface area (Å²) in [6.45, 7) is 4.70. The van der Waals surface area contributed by atoms with Gasteiger partial charge in [-0.3, -0.25) is 14.4 Å². The molecule has 15 heteroatoms. The number of pyridine rings is 1. The summed E-state index contributed by atoms with van der Waals surface area (Å²) in [6.07, 6.45) is 2.61. The summed E-state index contributed by atoms with van der Waals surface area (Å²) in [5.41, 5.74) is 6.83. The van der Waals surface area contributed by atoms with E-state index in [-0.39, 0.29) is 36.7 Å². The highest BCUT2D eigenvalue weighted by Crippen LogP contribution is 2.27. The molecular formula is C29H38ClN5O9. The highest BCUT2D eigenvalue weighted by molar-refractivity contribution is 6.30. The van der Waals surface area contributed by atoms with Gasteiger partial charge in [0, 0.05) is 35.6 Å². The van der Waals surface area contributed by atoms with Crippen LogP contribution in [-0.4, -0.2) is 76.4 Å². The molecular weight excluding hydrogens is 598 g/mol. The van der Waals surface area contributed by atoms with Crippen LogP contribution in [-0.2, 0) is 23.9 Å². The third-order valence-corrected chi connectivity index (χ3v) is 6.50. The van der Waals surface area contributed by atoms with Gasteiger partial charge >= 0.3 is 17.9 Å². The van der Waals surface area contributed by atoms with E-state index in [1.807, 2.05) is 0 Å². The summed E-state index contributed by atoms with van der Waals surface area (Å²) in [5.74, 6) is 1.75. The number of methoxy groups -OCH3 is 1. The zero-order valence-corrected chi connectivity index (χ0v) is 25.6. The summed E-state index contributed by atoms with van der Waals surface area (Å²) in [4.78, 5) is 51.7. The van der Waals surface area contributed by atoms with Crippen molar-refractivity contribution in [3.63, 3.8) is 0 Å². The maximum absolute atomic E-state index is 12.8. The van der Waals surface area contributed by atoms with E-state index in [0.29, 0.717) is 16.3 Å². The third-order valence-electron chi connectivity index (χ3n) is 6.26. The van der Waals surface area contributed by atoms with E-state index in [0.717, 1.165) is 0 Å². The topological polar surface area (TPSA) is 217 Å². The molecule has 0 saturated carbocycles. The Bertz CT molecular complexity index is 1350. The number of halogens is 1. The van der Waals surface area contributed by atoms with Gasteiger partial charge in [-0.25, -0.2) is 15.6 Å². The highest BCUT2D eigenvalue weighted by atomic mass is 35.5. The van der Waals surface area contributed by atoms with Crippen LogP contribution in [0.3, 0.4) is 0 Å². The minimum Gasteiger partial charge on any atom is -0.503 e. The number of carboxylic acid groups (broad SMARTS) is 1. The normalized spacial score (nSPS) is 18.8. The number of cyclic esters (lactones) is 2. The number of benzene rings is 1. The van der Waals surface area contributed by atoms with Crippen LogP contribution in [0, 0.1) is 11.8 Å². The minimum absolute atomic E-state index is 0.0307. The van der Waals surface area contributed by atoms with Gasteiger partial charge in [0.2, 0.25) is 0 Å². The van der Waals surface area contributed by atoms with Gasteiger partial charge in [0.05, 0.1) is 30.7 Å². The first-order valence-electron chi connectivity index (χ1n) is 13.6. The third kappa shape index (κ3) is 10.9. The summed E-state index contributed by atoms with van der Waals surface area (Å²) >= 11 is 6.00. The fourth-order valence-electron chi connectivity index (χ4n) is 3.80. The molecule has 1 aliphatic rings. The number of esters is 2. The molecule has 1 aromatic carbocycles. The molecule has 2 heterocycles. The molecule has 1 aromatic heterocycles. The van der Waals surface area contributed by atoms with E-state index < -0.39 is 54.2 Å². The van der Waals surface area contributed by atoms with Crippen molar-refractivity contribution < 1.29 is 43.6 Å². The molecule has 2 aromatic rings. The molecule has 7 N–H and O–H groups in total. The van der Waals surface area contributed by atoms with Crippen LogP contribution in [0.4, 0.5) is 0 Å². The van der Waals surface area contributed by atoms with Crippen LogP contribution in [0.1, 0.15) is 49.7 Å². The average Bonchev–Trinajstić information content (AvgIpc) is 3.01. The predicted molar refractivity (Wildman–Crippen MR) is 160 cm³/mol. The molecule has 0 spiro atoms. The van der Waals surface area contributed by atoms with E-state index in [9.17, 15) is 24.3 Å². The molecule has 1 fully saturated rings. The Kier molecular flexibility index (Phi) is 13.7. The lowest BCUT2D eigenvalue weighted by atomic mass is 9.98. The first-order chi connectivity index (χ1) is 20.7. The molecule has 1 amide bonds. The summed E-state index contributed by atoms with van der Waals surface area (Å²) in [6, 6.07) is 7.04. The maximum Gasteiger partial charge on any atom is 0.332 e. The minimum atomic E-state index is -1.31. The van der Waals surface area contributed by atoms with Gasteiger partial charge in [-0.15, -0.1) is 0 Å². The Balaban J connectivity index is 0.00000102. The number of aromatic hydroxyl groups is 1. The number of rotatable bonds is 9. The van der Waals surface area contributed by atoms with Crippen LogP contribution >= 0.6 is 11.6 Å². The lowest BCUT2D eigenvalue weighted by molar-refractivity contribution is -0.152. The Hall–Kier alpha value is -4.56. The van der Waals surface area contributed by atoms with Crippen LogP contribution < -0.4 is 21.6 Å². The van der Waals surface area contributed by atoms with Gasteiger partial charge in [-0.2, -0.15) is 0 Å². The van der Waals surface area contributed by atoms with Gasteiger partial charge in [-0.05, 0) is 31.9 Å². The van der Waals surface area contributed by atoms with Crippen molar-refractivity contribution in [2.24, 2.45) is 23.4 Å². The van der Waals surface area contributed by atoms with Crippen LogP contribution in [0.25, 0.3) is 5.70 Å². The summed E-state index contributed by atoms with van der Waals surface area (Å²) in [5, 5.41) is 22.4. The second-order valence-electron chi connectivity index (χ2n) is 10.2. The van der Waals surface area contributed by atoms with Crippen molar-refractivity contribution in [1.82, 2.24) is 15.3 Å². The van der Waals surface area contributed by atoms with Crippen LogP contribution in [0.15, 0.2) is 42.7 Å². The molecule has 0 radical (unpaired) electrons. The fraction of sp³-hybridized carbons (Fsp3) is 0.414. The standard InChI is InChI=1S/C25H30ClN5O7.C4H8O2/c1-14-10-16(7-9-31(28)12-18(27)15-4-3-5-17(26)11-15)24(34)37-13-19(25(35)38-14)30-23(33)21-22(32)20(36-2)6-8-29-21;1-3(2)4(5)6/h3-6,8,11-12,14,16,19,32H,7,9-10,13,27-28H2,1-2H3,(H,30,33);3H,1-2H3,(H,5,6)/b18-12-;/t14?,16?,19-;/m0./s1. The van der Waals surface area contributed by atoms with Gasteiger partial charge in [0.25, 0.3) is 5.91 Å². The van der Waals surface area contributed by atoms with E-state index in [2.05, 4.69) is 10.3 Å². The maximum atomic E-state index is 12.8. The van der Waals surface area contributed by atoms with Crippen molar-refractivity contribution in [3.8, 4) is 11.5 Å². The molecule has 0 aliphatic carbocycles. The number of carbonyl (C=O) groups excluding carboxylic acids is 3. The smallest absolute Gasteiger partial charge is 0.332 e. The first-order valence-corrected chi connectivity index (χ1v) is 14.0. The molecule has 3 atom stereocenters. The monoisotopic (exact) mass is 635 g/mol. The number of hydrazine groups is 1. The molecule has 1 saturated heterocycles. The van der Waals surface area contributed by atoms with E-state index >= 15 is 0 Å². The highest BCUT2D eigenvalue weighted by Gasteiger charge is 2.33. The van der Waals surface area contributed by atoms with Crippen molar-refractivity contribution in [1.29, 1.82) is 0 Å². The number of carboxylic acids is 1. The lowest BCUT2D eigenvalue weighted by Gasteiger charge is -2.21. The molecule has 44 heavy (non-hydrogen) atoms. The van der Waals surface area contributed by atoms with Gasteiger partial charge in [-0.1, -0.05) is 37.6 Å². The number of aromatic nitrogens is 1. The van der Waals surface area contributed by atoms with Gasteiger partial charge < -0.3 is 40.5 Å². The number of nitrogens with two attached hydrogens (primary N) is 2. The largest absolute Gasteiger partial charge is 0.503 e. The summed E-state index contributed by atoms with van der Waals surface area (Å²) in [7, 11) is 1.32. The molecule has 0 bridgehead atoms. The number of nitrogens with zero attached hydrogens (tertiary/aromatic N) is 2. The lowest BCUT2D eigenvalue weighted by Crippen LogP contribution is -2.46. The van der Waals surface area contributed by atoms with Crippen molar-refractivity contribution in [2.45, 2.75) is 45.8 Å². The van der Waals surface area contributed by atoms with Crippen molar-refractivity contribution >= 4 is 41.1 Å². The number of nitrogens with one attached hydrogen (secondary N) is 1. The van der Waals surface area contributed by atoms with E-state index in [4.69, 9.17) is 42.5 Å². The van der Waals surface area contributed by atoms with E-state index in [1.165, 1.54) is 30.6 Å². The predicted octanol–water partition coefficient (Wildman–Crippen LogP) is 2.29. The SMILES string of the molecule is CC(C)C(=O)O.COc1ccnc(C(=O)N[C@H]2COC(=O)C(CCN(N)/C=C(\N)c3cccc(Cl)c3)CC(C)OC2=O)c1O. The van der Waals surface area contributed by atoms with Crippen molar-refractivity contribution in [2.75, 3.05) is 20.3 Å². The number of aliphatic carboxylic acids is 1. The number of carbonyl (C=O) groups is 4. The van der Waals surface area contributed by atoms with E-state index in [1.54, 1.807) is 45.0 Å². The Morgan fingerprint density at radius 3 is 2.57 bits per heavy atom. The Labute approximate surface area is 259 Å². The molecule has 240 valence electrons. The number of hydrogen-bond acceptors (Lipinski definition) is 12. The average molecular weight is 636 g/mol. The summed E-state index contributed by atoms with van der Waals surface area (Å²) < 4.78 is 15.7. The number of ether oxygens (including phenoxy) is 3. The van der Waals surface area contributed by atoms with Crippen molar-refractivity contribution in [3.05, 3.63) is 59.0 Å². The Morgan fingerprint density at radius 2 is 1.95 bits per heavy atom. The number of amides is 1. The first kappa shape index (κ1) is 35.6. The molecule has 2 unspecified atom stereocenters. The Morgan fingerprint density at radius 1 is 1.27 bits per heavy atom. The van der Waals surface area contributed by atoms with Crippen LogP contribution in [0.5, 0.6) is 11.5 Å². The van der Waals surface area contributed by atoms with Gasteiger partial charge in [0.15, 0.2) is 23.2 Å². The second-order valence-corrected chi connectivity index (χ2v) is 10.6. The number of hydrogen-bond donors (Lipinski definition) is 5. The molecule has 3 rings (SSSR count). The zero-order valence-electron chi connectivity index (χ0n) is 24.9. The zero-order chi connectivity index (χ0) is 33.0. The quantitative estimate of drug-likeness (QED) is 0.152. The molecule has 14 nitrogen and oxygen atoms in total. The second kappa shape index (κ2) is 16.9. The van der Waals surface area contributed by atoms with Crippen LogP contribution in [0.2, 0.25) is 5.02 Å². The van der Waals surface area contributed by atoms with Gasteiger partial charge in [0.1, 0.15) is 6.61 Å². The molecule has 1 aliphatic heterocycles.